The summed E-state index contributed by atoms with van der Waals surface area (Å²) in [6.45, 7) is 1.93. The first kappa shape index (κ1) is 16.4. The van der Waals surface area contributed by atoms with E-state index >= 15 is 0 Å². The molecule has 0 bridgehead atoms. The van der Waals surface area contributed by atoms with Gasteiger partial charge in [0, 0.05) is 12.1 Å². The molecule has 3 aromatic rings. The van der Waals surface area contributed by atoms with Crippen molar-refractivity contribution < 1.29 is 14.5 Å². The SMILES string of the molecule is Cc1c(C(=O)OCc2ccccc2)cnn1-c1ccc([N+](=O)[O-])cc1. The van der Waals surface area contributed by atoms with Crippen molar-refractivity contribution in [3.05, 3.63) is 87.7 Å². The molecule has 0 unspecified atom stereocenters. The summed E-state index contributed by atoms with van der Waals surface area (Å²) in [5, 5.41) is 14.9. The van der Waals surface area contributed by atoms with E-state index in [1.807, 2.05) is 30.3 Å². The lowest BCUT2D eigenvalue weighted by Crippen LogP contribution is -2.07. The quantitative estimate of drug-likeness (QED) is 0.404. The van der Waals surface area contributed by atoms with Gasteiger partial charge in [0.25, 0.3) is 5.69 Å². The number of esters is 1. The van der Waals surface area contributed by atoms with Crippen molar-refractivity contribution in [1.82, 2.24) is 9.78 Å². The first-order valence-electron chi connectivity index (χ1n) is 7.57. The molecule has 126 valence electrons. The van der Waals surface area contributed by atoms with Gasteiger partial charge >= 0.3 is 5.97 Å². The number of non-ortho nitro benzene ring substituents is 1. The lowest BCUT2D eigenvalue weighted by atomic mass is 10.2. The second-order valence-electron chi connectivity index (χ2n) is 5.39. The number of aromatic nitrogens is 2. The number of ether oxygens (including phenoxy) is 1. The molecule has 0 aliphatic heterocycles. The van der Waals surface area contributed by atoms with Crippen molar-refractivity contribution in [2.45, 2.75) is 13.5 Å². The molecular formula is C18H15N3O4. The van der Waals surface area contributed by atoms with Crippen LogP contribution < -0.4 is 0 Å². The van der Waals surface area contributed by atoms with E-state index in [1.54, 1.807) is 23.7 Å². The summed E-state index contributed by atoms with van der Waals surface area (Å²) in [5.41, 5.74) is 2.48. The van der Waals surface area contributed by atoms with E-state index in [9.17, 15) is 14.9 Å². The van der Waals surface area contributed by atoms with E-state index in [0.29, 0.717) is 16.9 Å². The van der Waals surface area contributed by atoms with E-state index in [1.165, 1.54) is 18.3 Å². The zero-order valence-electron chi connectivity index (χ0n) is 13.5. The molecule has 7 heteroatoms. The predicted octanol–water partition coefficient (Wildman–Crippen LogP) is 3.45. The molecule has 7 nitrogen and oxygen atoms in total. The molecule has 25 heavy (non-hydrogen) atoms. The van der Waals surface area contributed by atoms with Crippen molar-refractivity contribution in [3.63, 3.8) is 0 Å². The number of nitro benzene ring substituents is 1. The molecule has 1 heterocycles. The Labute approximate surface area is 143 Å². The van der Waals surface area contributed by atoms with Gasteiger partial charge in [0.05, 0.1) is 22.5 Å². The molecule has 1 aromatic heterocycles. The van der Waals surface area contributed by atoms with Crippen LogP contribution in [0.4, 0.5) is 5.69 Å². The molecule has 3 rings (SSSR count). The highest BCUT2D eigenvalue weighted by Crippen LogP contribution is 2.18. The third-order valence-electron chi connectivity index (χ3n) is 3.75. The second-order valence-corrected chi connectivity index (χ2v) is 5.39. The number of carbonyl (C=O) groups excluding carboxylic acids is 1. The smallest absolute Gasteiger partial charge is 0.341 e. The summed E-state index contributed by atoms with van der Waals surface area (Å²) in [6.07, 6.45) is 1.43. The van der Waals surface area contributed by atoms with Crippen molar-refractivity contribution in [2.75, 3.05) is 0 Å². The van der Waals surface area contributed by atoms with Crippen LogP contribution >= 0.6 is 0 Å². The Morgan fingerprint density at radius 1 is 1.16 bits per heavy atom. The molecule has 0 saturated carbocycles. The van der Waals surface area contributed by atoms with Crippen LogP contribution in [-0.4, -0.2) is 20.7 Å². The van der Waals surface area contributed by atoms with Gasteiger partial charge in [0.1, 0.15) is 12.2 Å². The molecule has 2 aromatic carbocycles. The molecule has 0 aliphatic carbocycles. The fourth-order valence-electron chi connectivity index (χ4n) is 2.39. The molecular weight excluding hydrogens is 322 g/mol. The second kappa shape index (κ2) is 6.96. The summed E-state index contributed by atoms with van der Waals surface area (Å²) >= 11 is 0. The molecule has 0 spiro atoms. The summed E-state index contributed by atoms with van der Waals surface area (Å²) < 4.78 is 6.86. The monoisotopic (exact) mass is 337 g/mol. The Balaban J connectivity index is 1.76. The summed E-state index contributed by atoms with van der Waals surface area (Å²) in [6, 6.07) is 15.3. The molecule has 0 amide bonds. The van der Waals surface area contributed by atoms with Crippen LogP contribution in [0.2, 0.25) is 0 Å². The summed E-state index contributed by atoms with van der Waals surface area (Å²) in [5.74, 6) is -0.463. The van der Waals surface area contributed by atoms with Gasteiger partial charge < -0.3 is 4.74 Å². The van der Waals surface area contributed by atoms with Crippen molar-refractivity contribution in [1.29, 1.82) is 0 Å². The Morgan fingerprint density at radius 3 is 2.48 bits per heavy atom. The van der Waals surface area contributed by atoms with Crippen LogP contribution in [0.25, 0.3) is 5.69 Å². The molecule has 0 radical (unpaired) electrons. The van der Waals surface area contributed by atoms with E-state index in [-0.39, 0.29) is 12.3 Å². The highest BCUT2D eigenvalue weighted by molar-refractivity contribution is 5.90. The highest BCUT2D eigenvalue weighted by atomic mass is 16.6. The number of hydrogen-bond acceptors (Lipinski definition) is 5. The number of rotatable bonds is 5. The number of carbonyl (C=O) groups is 1. The maximum absolute atomic E-state index is 12.3. The standard InChI is InChI=1S/C18H15N3O4/c1-13-17(18(22)25-12-14-5-3-2-4-6-14)11-19-20(13)15-7-9-16(10-8-15)21(23)24/h2-11H,12H2,1H3. The van der Waals surface area contributed by atoms with E-state index < -0.39 is 10.9 Å². The zero-order valence-corrected chi connectivity index (χ0v) is 13.5. The van der Waals surface area contributed by atoms with Crippen LogP contribution in [0.1, 0.15) is 21.6 Å². The fourth-order valence-corrected chi connectivity index (χ4v) is 2.39. The van der Waals surface area contributed by atoms with Crippen molar-refractivity contribution in [3.8, 4) is 5.69 Å². The van der Waals surface area contributed by atoms with Crippen LogP contribution in [0.5, 0.6) is 0 Å². The van der Waals surface area contributed by atoms with Gasteiger partial charge in [-0.3, -0.25) is 10.1 Å². The lowest BCUT2D eigenvalue weighted by molar-refractivity contribution is -0.384. The third-order valence-corrected chi connectivity index (χ3v) is 3.75. The maximum Gasteiger partial charge on any atom is 0.341 e. The van der Waals surface area contributed by atoms with E-state index in [0.717, 1.165) is 5.56 Å². The van der Waals surface area contributed by atoms with Gasteiger partial charge in [-0.05, 0) is 24.6 Å². The van der Waals surface area contributed by atoms with Gasteiger partial charge in [-0.1, -0.05) is 30.3 Å². The molecule has 0 N–H and O–H groups in total. The fraction of sp³-hybridized carbons (Fsp3) is 0.111. The Hall–Kier alpha value is -3.48. The first-order chi connectivity index (χ1) is 12.1. The lowest BCUT2D eigenvalue weighted by Gasteiger charge is -2.06. The largest absolute Gasteiger partial charge is 0.457 e. The molecule has 0 saturated heterocycles. The molecule has 0 atom stereocenters. The third kappa shape index (κ3) is 3.55. The van der Waals surface area contributed by atoms with Crippen LogP contribution in [0.15, 0.2) is 60.8 Å². The van der Waals surface area contributed by atoms with Gasteiger partial charge in [0.15, 0.2) is 0 Å². The predicted molar refractivity (Wildman–Crippen MR) is 90.5 cm³/mol. The zero-order chi connectivity index (χ0) is 17.8. The number of hydrogen-bond donors (Lipinski definition) is 0. The van der Waals surface area contributed by atoms with Crippen LogP contribution in [0, 0.1) is 17.0 Å². The summed E-state index contributed by atoms with van der Waals surface area (Å²) in [7, 11) is 0. The number of nitrogens with zero attached hydrogens (tertiary/aromatic N) is 3. The van der Waals surface area contributed by atoms with Gasteiger partial charge in [-0.2, -0.15) is 5.10 Å². The minimum Gasteiger partial charge on any atom is -0.457 e. The van der Waals surface area contributed by atoms with Gasteiger partial charge in [-0.25, -0.2) is 9.48 Å². The summed E-state index contributed by atoms with van der Waals surface area (Å²) in [4.78, 5) is 22.5. The van der Waals surface area contributed by atoms with Crippen molar-refractivity contribution >= 4 is 11.7 Å². The van der Waals surface area contributed by atoms with E-state index in [4.69, 9.17) is 4.74 Å². The normalized spacial score (nSPS) is 10.4. The average molecular weight is 337 g/mol. The van der Waals surface area contributed by atoms with Crippen molar-refractivity contribution in [2.24, 2.45) is 0 Å². The number of nitro groups is 1. The minimum atomic E-state index is -0.466. The molecule has 0 aliphatic rings. The molecule has 0 fully saturated rings. The van der Waals surface area contributed by atoms with Gasteiger partial charge in [-0.15, -0.1) is 0 Å². The minimum absolute atomic E-state index is 0.00365. The van der Waals surface area contributed by atoms with Crippen LogP contribution in [-0.2, 0) is 11.3 Å². The van der Waals surface area contributed by atoms with E-state index in [2.05, 4.69) is 5.10 Å². The van der Waals surface area contributed by atoms with Gasteiger partial charge in [0.2, 0.25) is 0 Å². The average Bonchev–Trinajstić information content (AvgIpc) is 3.02. The first-order valence-corrected chi connectivity index (χ1v) is 7.57. The topological polar surface area (TPSA) is 87.3 Å². The highest BCUT2D eigenvalue weighted by Gasteiger charge is 2.17. The number of benzene rings is 2. The Bertz CT molecular complexity index is 902. The Morgan fingerprint density at radius 2 is 1.84 bits per heavy atom. The van der Waals surface area contributed by atoms with Crippen LogP contribution in [0.3, 0.4) is 0 Å². The Kier molecular flexibility index (Phi) is 4.56. The maximum atomic E-state index is 12.3.